The number of hydrogen-bond acceptors (Lipinski definition) is 3. The first-order chi connectivity index (χ1) is 9.08. The second kappa shape index (κ2) is 5.85. The van der Waals surface area contributed by atoms with Crippen LogP contribution in [0.1, 0.15) is 26.3 Å². The maximum absolute atomic E-state index is 6.67. The van der Waals surface area contributed by atoms with Crippen molar-refractivity contribution in [3.63, 3.8) is 0 Å². The third-order valence-electron chi connectivity index (χ3n) is 3.03. The standard InChI is InChI=1S/C15H17ClO2S/c1-9-8-10(2)19-15(9)14(16)13-11(17-3)6-5-7-12(13)18-4/h5-8,14H,1-4H3. The summed E-state index contributed by atoms with van der Waals surface area (Å²) in [4.78, 5) is 2.40. The molecule has 1 aromatic heterocycles. The highest BCUT2D eigenvalue weighted by Crippen LogP contribution is 2.44. The van der Waals surface area contributed by atoms with Crippen LogP contribution in [-0.2, 0) is 0 Å². The summed E-state index contributed by atoms with van der Waals surface area (Å²) >= 11 is 8.38. The molecule has 2 rings (SSSR count). The molecular weight excluding hydrogens is 280 g/mol. The minimum absolute atomic E-state index is 0.259. The van der Waals surface area contributed by atoms with Crippen LogP contribution in [0.15, 0.2) is 24.3 Å². The lowest BCUT2D eigenvalue weighted by atomic mass is 10.1. The Morgan fingerprint density at radius 2 is 1.68 bits per heavy atom. The molecule has 2 nitrogen and oxygen atoms in total. The Labute approximate surface area is 122 Å². The molecule has 4 heteroatoms. The van der Waals surface area contributed by atoms with Crippen LogP contribution in [0.2, 0.25) is 0 Å². The first-order valence-corrected chi connectivity index (χ1v) is 7.25. The number of benzene rings is 1. The Hall–Kier alpha value is -1.19. The highest BCUT2D eigenvalue weighted by atomic mass is 35.5. The third kappa shape index (κ3) is 2.72. The Balaban J connectivity index is 2.54. The van der Waals surface area contributed by atoms with Crippen molar-refractivity contribution in [1.29, 1.82) is 0 Å². The summed E-state index contributed by atoms with van der Waals surface area (Å²) in [5, 5.41) is -0.259. The largest absolute Gasteiger partial charge is 0.496 e. The van der Waals surface area contributed by atoms with Crippen molar-refractivity contribution in [2.75, 3.05) is 14.2 Å². The molecular formula is C15H17ClO2S. The average molecular weight is 297 g/mol. The minimum Gasteiger partial charge on any atom is -0.496 e. The summed E-state index contributed by atoms with van der Waals surface area (Å²) in [5.41, 5.74) is 2.09. The second-order valence-electron chi connectivity index (χ2n) is 4.34. The molecule has 0 saturated heterocycles. The van der Waals surface area contributed by atoms with E-state index in [4.69, 9.17) is 21.1 Å². The van der Waals surface area contributed by atoms with Crippen molar-refractivity contribution in [3.8, 4) is 11.5 Å². The first-order valence-electron chi connectivity index (χ1n) is 6.00. The molecule has 0 spiro atoms. The van der Waals surface area contributed by atoms with Gasteiger partial charge >= 0.3 is 0 Å². The highest BCUT2D eigenvalue weighted by Gasteiger charge is 2.23. The molecule has 0 radical (unpaired) electrons. The number of aryl methyl sites for hydroxylation is 2. The van der Waals surface area contributed by atoms with Crippen LogP contribution in [-0.4, -0.2) is 14.2 Å². The molecule has 0 aliphatic heterocycles. The van der Waals surface area contributed by atoms with Gasteiger partial charge in [0.05, 0.1) is 19.8 Å². The van der Waals surface area contributed by atoms with E-state index in [2.05, 4.69) is 19.9 Å². The van der Waals surface area contributed by atoms with Crippen molar-refractivity contribution in [1.82, 2.24) is 0 Å². The first kappa shape index (κ1) is 14.2. The van der Waals surface area contributed by atoms with E-state index in [0.29, 0.717) is 0 Å². The number of ether oxygens (including phenoxy) is 2. The lowest BCUT2D eigenvalue weighted by Crippen LogP contribution is -2.00. The topological polar surface area (TPSA) is 18.5 Å². The molecule has 1 aromatic carbocycles. The predicted molar refractivity (Wildman–Crippen MR) is 81.0 cm³/mol. The zero-order valence-electron chi connectivity index (χ0n) is 11.5. The fourth-order valence-corrected chi connectivity index (χ4v) is 3.72. The summed E-state index contributed by atoms with van der Waals surface area (Å²) in [6.07, 6.45) is 0. The molecule has 0 amide bonds. The zero-order chi connectivity index (χ0) is 14.0. The summed E-state index contributed by atoms with van der Waals surface area (Å²) in [6.45, 7) is 4.17. The van der Waals surface area contributed by atoms with Gasteiger partial charge in [0.1, 0.15) is 16.9 Å². The summed E-state index contributed by atoms with van der Waals surface area (Å²) in [7, 11) is 3.29. The molecule has 1 unspecified atom stereocenters. The lowest BCUT2D eigenvalue weighted by Gasteiger charge is -2.17. The van der Waals surface area contributed by atoms with E-state index in [9.17, 15) is 0 Å². The number of alkyl halides is 1. The molecule has 0 aliphatic rings. The SMILES string of the molecule is COc1cccc(OC)c1C(Cl)c1sc(C)cc1C. The normalized spacial score (nSPS) is 12.3. The van der Waals surface area contributed by atoms with Crippen LogP contribution in [0.3, 0.4) is 0 Å². The molecule has 0 saturated carbocycles. The van der Waals surface area contributed by atoms with Gasteiger partial charge in [-0.1, -0.05) is 6.07 Å². The summed E-state index contributed by atoms with van der Waals surface area (Å²) in [5.74, 6) is 1.51. The van der Waals surface area contributed by atoms with Crippen molar-refractivity contribution in [3.05, 3.63) is 45.1 Å². The molecule has 0 N–H and O–H groups in total. The number of hydrogen-bond donors (Lipinski definition) is 0. The van der Waals surface area contributed by atoms with Crippen LogP contribution >= 0.6 is 22.9 Å². The van der Waals surface area contributed by atoms with Gasteiger partial charge in [0.15, 0.2) is 0 Å². The Kier molecular flexibility index (Phi) is 4.38. The maximum atomic E-state index is 6.67. The van der Waals surface area contributed by atoms with Gasteiger partial charge in [-0.15, -0.1) is 22.9 Å². The molecule has 102 valence electrons. The van der Waals surface area contributed by atoms with Crippen molar-refractivity contribution >= 4 is 22.9 Å². The van der Waals surface area contributed by atoms with Crippen molar-refractivity contribution in [2.24, 2.45) is 0 Å². The summed E-state index contributed by atoms with van der Waals surface area (Å²) in [6, 6.07) is 7.86. The predicted octanol–water partition coefficient (Wildman–Crippen LogP) is 4.71. The zero-order valence-corrected chi connectivity index (χ0v) is 13.1. The molecule has 0 bridgehead atoms. The molecule has 1 atom stereocenters. The number of methoxy groups -OCH3 is 2. The smallest absolute Gasteiger partial charge is 0.127 e. The minimum atomic E-state index is -0.259. The van der Waals surface area contributed by atoms with E-state index in [1.807, 2.05) is 18.2 Å². The van der Waals surface area contributed by atoms with E-state index >= 15 is 0 Å². The van der Waals surface area contributed by atoms with Gasteiger partial charge in [0, 0.05) is 9.75 Å². The van der Waals surface area contributed by atoms with Crippen LogP contribution in [0.5, 0.6) is 11.5 Å². The molecule has 19 heavy (non-hydrogen) atoms. The van der Waals surface area contributed by atoms with E-state index in [0.717, 1.165) is 21.9 Å². The van der Waals surface area contributed by atoms with E-state index in [1.54, 1.807) is 25.6 Å². The molecule has 0 fully saturated rings. The Morgan fingerprint density at radius 1 is 1.11 bits per heavy atom. The van der Waals surface area contributed by atoms with Crippen molar-refractivity contribution in [2.45, 2.75) is 19.2 Å². The van der Waals surface area contributed by atoms with E-state index in [1.165, 1.54) is 10.4 Å². The number of thiophene rings is 1. The highest BCUT2D eigenvalue weighted by molar-refractivity contribution is 7.12. The molecule has 1 heterocycles. The van der Waals surface area contributed by atoms with Gasteiger partial charge in [0.25, 0.3) is 0 Å². The van der Waals surface area contributed by atoms with Gasteiger partial charge in [0.2, 0.25) is 0 Å². The monoisotopic (exact) mass is 296 g/mol. The summed E-state index contributed by atoms with van der Waals surface area (Å²) < 4.78 is 10.8. The van der Waals surface area contributed by atoms with Crippen LogP contribution in [0.4, 0.5) is 0 Å². The van der Waals surface area contributed by atoms with Gasteiger partial charge in [-0.25, -0.2) is 0 Å². The molecule has 2 aromatic rings. The fraction of sp³-hybridized carbons (Fsp3) is 0.333. The third-order valence-corrected chi connectivity index (χ3v) is 4.81. The molecule has 0 aliphatic carbocycles. The maximum Gasteiger partial charge on any atom is 0.127 e. The van der Waals surface area contributed by atoms with Crippen LogP contribution in [0, 0.1) is 13.8 Å². The lowest BCUT2D eigenvalue weighted by molar-refractivity contribution is 0.386. The van der Waals surface area contributed by atoms with E-state index < -0.39 is 0 Å². The van der Waals surface area contributed by atoms with Crippen LogP contribution in [0.25, 0.3) is 0 Å². The quantitative estimate of drug-likeness (QED) is 0.761. The Bertz CT molecular complexity index is 555. The fourth-order valence-electron chi connectivity index (χ4n) is 2.17. The Morgan fingerprint density at radius 3 is 2.11 bits per heavy atom. The number of rotatable bonds is 4. The van der Waals surface area contributed by atoms with Gasteiger partial charge < -0.3 is 9.47 Å². The van der Waals surface area contributed by atoms with E-state index in [-0.39, 0.29) is 5.38 Å². The van der Waals surface area contributed by atoms with Gasteiger partial charge in [-0.05, 0) is 37.6 Å². The van der Waals surface area contributed by atoms with Gasteiger partial charge in [-0.2, -0.15) is 0 Å². The number of halogens is 1. The van der Waals surface area contributed by atoms with Crippen molar-refractivity contribution < 1.29 is 9.47 Å². The van der Waals surface area contributed by atoms with Crippen LogP contribution < -0.4 is 9.47 Å². The second-order valence-corrected chi connectivity index (χ2v) is 6.07. The average Bonchev–Trinajstić information content (AvgIpc) is 2.75. The van der Waals surface area contributed by atoms with Gasteiger partial charge in [-0.3, -0.25) is 0 Å².